The van der Waals surface area contributed by atoms with E-state index in [-0.39, 0.29) is 0 Å². The van der Waals surface area contributed by atoms with E-state index in [1.807, 2.05) is 55.6 Å². The SMILES string of the molecule is CCOc1ccccc1N(Cc1cnccc1OC)c1ccccc1. The zero-order chi connectivity index (χ0) is 17.5. The van der Waals surface area contributed by atoms with Crippen molar-refractivity contribution in [3.8, 4) is 11.5 Å². The van der Waals surface area contributed by atoms with Crippen LogP contribution in [0.25, 0.3) is 0 Å². The summed E-state index contributed by atoms with van der Waals surface area (Å²) in [4.78, 5) is 6.47. The molecule has 0 saturated heterocycles. The molecule has 0 amide bonds. The molecule has 0 atom stereocenters. The van der Waals surface area contributed by atoms with E-state index in [1.54, 1.807) is 13.3 Å². The van der Waals surface area contributed by atoms with Crippen LogP contribution in [-0.4, -0.2) is 18.7 Å². The molecule has 1 heterocycles. The second kappa shape index (κ2) is 8.20. The highest BCUT2D eigenvalue weighted by molar-refractivity contribution is 5.69. The van der Waals surface area contributed by atoms with Crippen molar-refractivity contribution in [3.63, 3.8) is 0 Å². The zero-order valence-electron chi connectivity index (χ0n) is 14.6. The molecule has 25 heavy (non-hydrogen) atoms. The van der Waals surface area contributed by atoms with Gasteiger partial charge in [0.2, 0.25) is 0 Å². The quantitative estimate of drug-likeness (QED) is 0.620. The van der Waals surface area contributed by atoms with Crippen LogP contribution < -0.4 is 14.4 Å². The Balaban J connectivity index is 2.05. The fraction of sp³-hybridized carbons (Fsp3) is 0.190. The first-order chi connectivity index (χ1) is 12.3. The van der Waals surface area contributed by atoms with Gasteiger partial charge in [0, 0.05) is 23.6 Å². The van der Waals surface area contributed by atoms with Crippen LogP contribution in [-0.2, 0) is 6.54 Å². The second-order valence-corrected chi connectivity index (χ2v) is 5.51. The van der Waals surface area contributed by atoms with Gasteiger partial charge >= 0.3 is 0 Å². The molecule has 0 aliphatic heterocycles. The third-order valence-corrected chi connectivity index (χ3v) is 3.93. The standard InChI is InChI=1S/C21H22N2O2/c1-3-25-21-12-8-7-11-19(21)23(18-9-5-4-6-10-18)16-17-15-22-14-13-20(17)24-2/h4-15H,3,16H2,1-2H3. The van der Waals surface area contributed by atoms with E-state index >= 15 is 0 Å². The predicted molar refractivity (Wildman–Crippen MR) is 101 cm³/mol. The van der Waals surface area contributed by atoms with Crippen LogP contribution in [0.2, 0.25) is 0 Å². The van der Waals surface area contributed by atoms with Gasteiger partial charge in [-0.3, -0.25) is 4.98 Å². The van der Waals surface area contributed by atoms with E-state index in [2.05, 4.69) is 28.1 Å². The molecule has 0 N–H and O–H groups in total. The second-order valence-electron chi connectivity index (χ2n) is 5.51. The van der Waals surface area contributed by atoms with E-state index in [0.29, 0.717) is 13.2 Å². The summed E-state index contributed by atoms with van der Waals surface area (Å²) in [5.41, 5.74) is 3.11. The molecule has 4 heteroatoms. The van der Waals surface area contributed by atoms with Crippen molar-refractivity contribution < 1.29 is 9.47 Å². The average Bonchev–Trinajstić information content (AvgIpc) is 2.68. The molecule has 0 radical (unpaired) electrons. The molecule has 0 spiro atoms. The van der Waals surface area contributed by atoms with Gasteiger partial charge < -0.3 is 14.4 Å². The Bertz CT molecular complexity index is 806. The maximum atomic E-state index is 5.85. The number of pyridine rings is 1. The van der Waals surface area contributed by atoms with Crippen LogP contribution in [0.15, 0.2) is 73.1 Å². The summed E-state index contributed by atoms with van der Waals surface area (Å²) in [5, 5.41) is 0. The highest BCUT2D eigenvalue weighted by Crippen LogP contribution is 2.36. The van der Waals surface area contributed by atoms with Crippen LogP contribution >= 0.6 is 0 Å². The lowest BCUT2D eigenvalue weighted by molar-refractivity contribution is 0.341. The zero-order valence-corrected chi connectivity index (χ0v) is 14.6. The molecule has 0 unspecified atom stereocenters. The first-order valence-corrected chi connectivity index (χ1v) is 8.34. The highest BCUT2D eigenvalue weighted by Gasteiger charge is 2.16. The lowest BCUT2D eigenvalue weighted by Gasteiger charge is -2.27. The maximum absolute atomic E-state index is 5.85. The first kappa shape index (κ1) is 16.8. The van der Waals surface area contributed by atoms with Crippen molar-refractivity contribution >= 4 is 11.4 Å². The number of hydrogen-bond donors (Lipinski definition) is 0. The molecule has 0 bridgehead atoms. The van der Waals surface area contributed by atoms with Crippen LogP contribution in [0.4, 0.5) is 11.4 Å². The number of benzene rings is 2. The number of anilines is 2. The predicted octanol–water partition coefficient (Wildman–Crippen LogP) is 4.83. The topological polar surface area (TPSA) is 34.6 Å². The molecule has 0 fully saturated rings. The number of rotatable bonds is 7. The molecule has 2 aromatic carbocycles. The first-order valence-electron chi connectivity index (χ1n) is 8.34. The lowest BCUT2D eigenvalue weighted by atomic mass is 10.1. The minimum absolute atomic E-state index is 0.621. The monoisotopic (exact) mass is 334 g/mol. The summed E-state index contributed by atoms with van der Waals surface area (Å²) >= 11 is 0. The number of aromatic nitrogens is 1. The normalized spacial score (nSPS) is 10.3. The minimum atomic E-state index is 0.621. The van der Waals surface area contributed by atoms with Crippen LogP contribution in [0, 0.1) is 0 Å². The van der Waals surface area contributed by atoms with E-state index in [9.17, 15) is 0 Å². The maximum Gasteiger partial charge on any atom is 0.142 e. The number of nitrogens with zero attached hydrogens (tertiary/aromatic N) is 2. The molecular weight excluding hydrogens is 312 g/mol. The fourth-order valence-corrected chi connectivity index (χ4v) is 2.78. The lowest BCUT2D eigenvalue weighted by Crippen LogP contribution is -2.18. The van der Waals surface area contributed by atoms with Crippen LogP contribution in [0.5, 0.6) is 11.5 Å². The molecule has 128 valence electrons. The van der Waals surface area contributed by atoms with E-state index in [4.69, 9.17) is 9.47 Å². The number of ether oxygens (including phenoxy) is 2. The Hall–Kier alpha value is -3.01. The van der Waals surface area contributed by atoms with Crippen molar-refractivity contribution in [2.45, 2.75) is 13.5 Å². The molecule has 3 rings (SSSR count). The van der Waals surface area contributed by atoms with Gasteiger partial charge in [-0.25, -0.2) is 0 Å². The van der Waals surface area contributed by atoms with Crippen molar-refractivity contribution in [2.75, 3.05) is 18.6 Å². The molecular formula is C21H22N2O2. The molecule has 0 saturated carbocycles. The van der Waals surface area contributed by atoms with Crippen molar-refractivity contribution in [3.05, 3.63) is 78.6 Å². The minimum Gasteiger partial charge on any atom is -0.496 e. The summed E-state index contributed by atoms with van der Waals surface area (Å²) in [7, 11) is 1.68. The van der Waals surface area contributed by atoms with E-state index in [0.717, 1.165) is 28.4 Å². The van der Waals surface area contributed by atoms with Gasteiger partial charge in [0.1, 0.15) is 11.5 Å². The summed E-state index contributed by atoms with van der Waals surface area (Å²) in [6.07, 6.45) is 3.58. The Morgan fingerprint density at radius 2 is 1.68 bits per heavy atom. The number of methoxy groups -OCH3 is 1. The van der Waals surface area contributed by atoms with Gasteiger partial charge in [-0.05, 0) is 37.3 Å². The third kappa shape index (κ3) is 3.91. The molecule has 4 nitrogen and oxygen atoms in total. The third-order valence-electron chi connectivity index (χ3n) is 3.93. The van der Waals surface area contributed by atoms with E-state index < -0.39 is 0 Å². The summed E-state index contributed by atoms with van der Waals surface area (Å²) in [6, 6.07) is 20.2. The van der Waals surface area contributed by atoms with Gasteiger partial charge in [-0.15, -0.1) is 0 Å². The van der Waals surface area contributed by atoms with Gasteiger partial charge in [0.15, 0.2) is 0 Å². The molecule has 0 aliphatic rings. The average molecular weight is 334 g/mol. The largest absolute Gasteiger partial charge is 0.496 e. The Morgan fingerprint density at radius 1 is 0.920 bits per heavy atom. The van der Waals surface area contributed by atoms with Gasteiger partial charge in [-0.1, -0.05) is 30.3 Å². The smallest absolute Gasteiger partial charge is 0.142 e. The highest BCUT2D eigenvalue weighted by atomic mass is 16.5. The summed E-state index contributed by atoms with van der Waals surface area (Å²) < 4.78 is 11.3. The summed E-state index contributed by atoms with van der Waals surface area (Å²) in [5.74, 6) is 1.68. The van der Waals surface area contributed by atoms with Crippen molar-refractivity contribution in [2.24, 2.45) is 0 Å². The van der Waals surface area contributed by atoms with E-state index in [1.165, 1.54) is 0 Å². The van der Waals surface area contributed by atoms with Crippen molar-refractivity contribution in [1.82, 2.24) is 4.98 Å². The van der Waals surface area contributed by atoms with Crippen LogP contribution in [0.1, 0.15) is 12.5 Å². The van der Waals surface area contributed by atoms with Gasteiger partial charge in [-0.2, -0.15) is 0 Å². The number of para-hydroxylation sites is 3. The Labute approximate surface area is 148 Å². The Kier molecular flexibility index (Phi) is 5.52. The molecule has 0 aliphatic carbocycles. The fourth-order valence-electron chi connectivity index (χ4n) is 2.78. The Morgan fingerprint density at radius 3 is 2.44 bits per heavy atom. The molecule has 3 aromatic rings. The number of hydrogen-bond acceptors (Lipinski definition) is 4. The summed E-state index contributed by atoms with van der Waals surface area (Å²) in [6.45, 7) is 3.24. The van der Waals surface area contributed by atoms with Gasteiger partial charge in [0.05, 0.1) is 25.9 Å². The van der Waals surface area contributed by atoms with Crippen LogP contribution in [0.3, 0.4) is 0 Å². The van der Waals surface area contributed by atoms with Crippen molar-refractivity contribution in [1.29, 1.82) is 0 Å². The van der Waals surface area contributed by atoms with Gasteiger partial charge in [0.25, 0.3) is 0 Å². The molecule has 1 aromatic heterocycles.